The van der Waals surface area contributed by atoms with Crippen molar-refractivity contribution in [3.05, 3.63) is 27.9 Å². The second kappa shape index (κ2) is 3.45. The molecular weight excluding hydrogens is 208 g/mol. The van der Waals surface area contributed by atoms with Gasteiger partial charge < -0.3 is 5.32 Å². The van der Waals surface area contributed by atoms with E-state index in [0.29, 0.717) is 0 Å². The zero-order valence-electron chi connectivity index (χ0n) is 8.73. The van der Waals surface area contributed by atoms with Crippen molar-refractivity contribution in [1.82, 2.24) is 4.98 Å². The first-order valence-corrected chi connectivity index (χ1v) is 4.87. The topological polar surface area (TPSA) is 91.8 Å². The second-order valence-electron chi connectivity index (χ2n) is 4.11. The van der Waals surface area contributed by atoms with Crippen LogP contribution in [0.2, 0.25) is 0 Å². The molecule has 0 spiro atoms. The van der Waals surface area contributed by atoms with Crippen LogP contribution in [0.15, 0.2) is 12.3 Å². The Balaban J connectivity index is 2.44. The quantitative estimate of drug-likeness (QED) is 0.617. The maximum atomic E-state index is 10.9. The third-order valence-electron chi connectivity index (χ3n) is 2.65. The molecule has 0 saturated heterocycles. The minimum atomic E-state index is -0.570. The van der Waals surface area contributed by atoms with Gasteiger partial charge in [-0.1, -0.05) is 0 Å². The van der Waals surface area contributed by atoms with E-state index in [4.69, 9.17) is 5.26 Å². The zero-order valence-corrected chi connectivity index (χ0v) is 8.73. The predicted molar refractivity (Wildman–Crippen MR) is 56.9 cm³/mol. The van der Waals surface area contributed by atoms with Crippen molar-refractivity contribution in [1.29, 1.82) is 5.26 Å². The van der Waals surface area contributed by atoms with Crippen LogP contribution in [-0.2, 0) is 0 Å². The van der Waals surface area contributed by atoms with E-state index in [-0.39, 0.29) is 22.6 Å². The summed E-state index contributed by atoms with van der Waals surface area (Å²) < 4.78 is 0. The maximum absolute atomic E-state index is 10.9. The van der Waals surface area contributed by atoms with Crippen molar-refractivity contribution in [2.75, 3.05) is 5.32 Å². The molecule has 1 aromatic heterocycles. The molecular formula is C10H10N4O2. The molecule has 0 aliphatic heterocycles. The summed E-state index contributed by atoms with van der Waals surface area (Å²) in [4.78, 5) is 14.2. The Kier molecular flexibility index (Phi) is 2.23. The standard InChI is InChI=1S/C10H10N4O2/c1-10(3-4-10)13-9-8(14(15)16)7(6-11)2-5-12-9/h2,5H,3-4H2,1H3,(H,12,13). The van der Waals surface area contributed by atoms with Crippen molar-refractivity contribution in [3.63, 3.8) is 0 Å². The van der Waals surface area contributed by atoms with Crippen LogP contribution >= 0.6 is 0 Å². The van der Waals surface area contributed by atoms with Crippen LogP contribution in [0.25, 0.3) is 0 Å². The molecule has 2 rings (SSSR count). The molecule has 0 atom stereocenters. The summed E-state index contributed by atoms with van der Waals surface area (Å²) in [5, 5.41) is 22.7. The molecule has 0 bridgehead atoms. The minimum absolute atomic E-state index is 0.0340. The molecule has 0 radical (unpaired) electrons. The number of hydrogen-bond donors (Lipinski definition) is 1. The average Bonchev–Trinajstić information content (AvgIpc) is 2.95. The van der Waals surface area contributed by atoms with Crippen molar-refractivity contribution in [3.8, 4) is 6.07 Å². The van der Waals surface area contributed by atoms with Crippen molar-refractivity contribution < 1.29 is 4.92 Å². The largest absolute Gasteiger partial charge is 0.359 e. The van der Waals surface area contributed by atoms with Crippen molar-refractivity contribution in [2.24, 2.45) is 0 Å². The lowest BCUT2D eigenvalue weighted by Crippen LogP contribution is -2.18. The van der Waals surface area contributed by atoms with E-state index in [1.807, 2.05) is 6.92 Å². The summed E-state index contributed by atoms with van der Waals surface area (Å²) >= 11 is 0. The number of pyridine rings is 1. The van der Waals surface area contributed by atoms with Crippen LogP contribution < -0.4 is 5.32 Å². The minimum Gasteiger partial charge on any atom is -0.359 e. The molecule has 0 amide bonds. The molecule has 0 aromatic carbocycles. The summed E-state index contributed by atoms with van der Waals surface area (Å²) in [6.45, 7) is 1.97. The van der Waals surface area contributed by atoms with Crippen molar-refractivity contribution >= 4 is 11.5 Å². The molecule has 0 unspecified atom stereocenters. The molecule has 1 saturated carbocycles. The Morgan fingerprint density at radius 1 is 1.69 bits per heavy atom. The lowest BCUT2D eigenvalue weighted by molar-refractivity contribution is -0.384. The van der Waals surface area contributed by atoms with Gasteiger partial charge in [-0.25, -0.2) is 4.98 Å². The highest BCUT2D eigenvalue weighted by atomic mass is 16.6. The molecule has 6 nitrogen and oxygen atoms in total. The third kappa shape index (κ3) is 1.80. The second-order valence-corrected chi connectivity index (χ2v) is 4.11. The molecule has 16 heavy (non-hydrogen) atoms. The molecule has 1 N–H and O–H groups in total. The molecule has 1 aliphatic rings. The van der Waals surface area contributed by atoms with Crippen LogP contribution in [0.1, 0.15) is 25.3 Å². The van der Waals surface area contributed by atoms with E-state index in [1.165, 1.54) is 12.3 Å². The van der Waals surface area contributed by atoms with Crippen LogP contribution in [0.5, 0.6) is 0 Å². The van der Waals surface area contributed by atoms with E-state index < -0.39 is 4.92 Å². The fraction of sp³-hybridized carbons (Fsp3) is 0.400. The highest BCUT2D eigenvalue weighted by molar-refractivity contribution is 5.65. The van der Waals surface area contributed by atoms with Crippen LogP contribution in [-0.4, -0.2) is 15.4 Å². The summed E-state index contributed by atoms with van der Waals surface area (Å²) in [5.74, 6) is 0.184. The van der Waals surface area contributed by atoms with Gasteiger partial charge in [0.25, 0.3) is 0 Å². The number of aromatic nitrogens is 1. The first kappa shape index (κ1) is 10.4. The summed E-state index contributed by atoms with van der Waals surface area (Å²) in [6, 6.07) is 3.15. The van der Waals surface area contributed by atoms with Gasteiger partial charge in [0.05, 0.1) is 4.92 Å². The molecule has 1 aromatic rings. The van der Waals surface area contributed by atoms with Crippen molar-refractivity contribution in [2.45, 2.75) is 25.3 Å². The number of hydrogen-bond acceptors (Lipinski definition) is 5. The SMILES string of the molecule is CC1(Nc2nccc(C#N)c2[N+](=O)[O-])CC1. The Hall–Kier alpha value is -2.16. The normalized spacial score (nSPS) is 16.2. The fourth-order valence-corrected chi connectivity index (χ4v) is 1.42. The highest BCUT2D eigenvalue weighted by Gasteiger charge is 2.39. The van der Waals surface area contributed by atoms with Gasteiger partial charge in [-0.2, -0.15) is 5.26 Å². The number of anilines is 1. The Labute approximate surface area is 92.1 Å². The van der Waals surface area contributed by atoms with Gasteiger partial charge >= 0.3 is 5.69 Å². The van der Waals surface area contributed by atoms with E-state index in [0.717, 1.165) is 12.8 Å². The molecule has 6 heteroatoms. The number of nitriles is 1. The number of nitrogens with zero attached hydrogens (tertiary/aromatic N) is 3. The van der Waals surface area contributed by atoms with Gasteiger partial charge in [0.2, 0.25) is 5.82 Å². The zero-order chi connectivity index (χ0) is 11.8. The predicted octanol–water partition coefficient (Wildman–Crippen LogP) is 1.83. The average molecular weight is 218 g/mol. The van der Waals surface area contributed by atoms with E-state index in [1.54, 1.807) is 6.07 Å². The van der Waals surface area contributed by atoms with Gasteiger partial charge in [-0.15, -0.1) is 0 Å². The Morgan fingerprint density at radius 2 is 2.38 bits per heavy atom. The Bertz CT molecular complexity index is 488. The smallest absolute Gasteiger partial charge is 0.328 e. The number of nitrogens with one attached hydrogen (secondary N) is 1. The van der Waals surface area contributed by atoms with E-state index in [2.05, 4.69) is 10.3 Å². The van der Waals surface area contributed by atoms with Crippen LogP contribution in [0, 0.1) is 21.4 Å². The third-order valence-corrected chi connectivity index (χ3v) is 2.65. The summed E-state index contributed by atoms with van der Waals surface area (Å²) in [5.41, 5.74) is -0.309. The van der Waals surface area contributed by atoms with Gasteiger partial charge in [0.15, 0.2) is 0 Å². The molecule has 1 heterocycles. The summed E-state index contributed by atoms with van der Waals surface area (Å²) in [7, 11) is 0. The summed E-state index contributed by atoms with van der Waals surface area (Å²) in [6.07, 6.45) is 3.32. The highest BCUT2D eigenvalue weighted by Crippen LogP contribution is 2.40. The van der Waals surface area contributed by atoms with Crippen LogP contribution in [0.4, 0.5) is 11.5 Å². The fourth-order valence-electron chi connectivity index (χ4n) is 1.42. The lowest BCUT2D eigenvalue weighted by Gasteiger charge is -2.12. The Morgan fingerprint density at radius 3 is 2.88 bits per heavy atom. The lowest BCUT2D eigenvalue weighted by atomic mass is 10.2. The number of rotatable bonds is 3. The molecule has 1 aliphatic carbocycles. The van der Waals surface area contributed by atoms with E-state index in [9.17, 15) is 10.1 Å². The van der Waals surface area contributed by atoms with Crippen LogP contribution in [0.3, 0.4) is 0 Å². The molecule has 1 fully saturated rings. The maximum Gasteiger partial charge on any atom is 0.328 e. The van der Waals surface area contributed by atoms with Gasteiger partial charge in [0, 0.05) is 11.7 Å². The first-order chi connectivity index (χ1) is 7.56. The van der Waals surface area contributed by atoms with Gasteiger partial charge in [-0.3, -0.25) is 10.1 Å². The van der Waals surface area contributed by atoms with Gasteiger partial charge in [0.1, 0.15) is 11.6 Å². The van der Waals surface area contributed by atoms with Gasteiger partial charge in [-0.05, 0) is 25.8 Å². The number of nitro groups is 1. The van der Waals surface area contributed by atoms with E-state index >= 15 is 0 Å². The monoisotopic (exact) mass is 218 g/mol. The first-order valence-electron chi connectivity index (χ1n) is 4.87. The molecule has 82 valence electrons.